The van der Waals surface area contributed by atoms with Crippen molar-refractivity contribution in [3.05, 3.63) is 53.1 Å². The average molecular weight is 294 g/mol. The van der Waals surface area contributed by atoms with Gasteiger partial charge in [0.15, 0.2) is 0 Å². The Hall–Kier alpha value is -1.65. The fourth-order valence-electron chi connectivity index (χ4n) is 1.53. The lowest BCUT2D eigenvalue weighted by Crippen LogP contribution is -2.11. The largest absolute Gasteiger partial charge is 0.506 e. The molecule has 5 heteroatoms. The molecule has 0 heterocycles. The molecule has 0 aliphatic rings. The minimum Gasteiger partial charge on any atom is -0.506 e. The maximum atomic E-state index is 12.0. The van der Waals surface area contributed by atoms with Crippen LogP contribution in [0.15, 0.2) is 47.4 Å². The van der Waals surface area contributed by atoms with Crippen molar-refractivity contribution in [2.24, 2.45) is 0 Å². The van der Waals surface area contributed by atoms with E-state index in [1.54, 1.807) is 11.8 Å². The van der Waals surface area contributed by atoms with Gasteiger partial charge in [-0.2, -0.15) is 0 Å². The number of thioether (sulfide) groups is 1. The number of nitrogens with one attached hydrogen (secondary N) is 1. The van der Waals surface area contributed by atoms with E-state index in [0.29, 0.717) is 11.3 Å². The van der Waals surface area contributed by atoms with E-state index >= 15 is 0 Å². The van der Waals surface area contributed by atoms with Crippen LogP contribution in [-0.2, 0) is 0 Å². The zero-order chi connectivity index (χ0) is 13.8. The number of anilines is 1. The Balaban J connectivity index is 2.13. The van der Waals surface area contributed by atoms with Gasteiger partial charge in [0.1, 0.15) is 5.75 Å². The number of halogens is 1. The highest BCUT2D eigenvalue weighted by Gasteiger charge is 2.08. The van der Waals surface area contributed by atoms with E-state index in [4.69, 9.17) is 11.6 Å². The maximum Gasteiger partial charge on any atom is 0.255 e. The number of hydrogen-bond donors (Lipinski definition) is 2. The zero-order valence-electron chi connectivity index (χ0n) is 10.2. The number of amides is 1. The Bertz CT molecular complexity index is 599. The molecule has 0 radical (unpaired) electrons. The summed E-state index contributed by atoms with van der Waals surface area (Å²) in [4.78, 5) is 13.1. The highest BCUT2D eigenvalue weighted by Crippen LogP contribution is 2.24. The van der Waals surface area contributed by atoms with Gasteiger partial charge < -0.3 is 10.4 Å². The first-order chi connectivity index (χ1) is 9.10. The first-order valence-corrected chi connectivity index (χ1v) is 7.14. The standard InChI is InChI=1S/C14H12ClNO2S/c1-19-11-5-3-10(4-6-11)16-14(18)9-2-7-13(17)12(15)8-9/h2-8,17H,1H3,(H,16,18). The molecule has 2 aromatic carbocycles. The minimum atomic E-state index is -0.265. The van der Waals surface area contributed by atoms with Crippen LogP contribution < -0.4 is 5.32 Å². The van der Waals surface area contributed by atoms with E-state index in [1.807, 2.05) is 30.5 Å². The molecule has 0 spiro atoms. The minimum absolute atomic E-state index is 0.0393. The van der Waals surface area contributed by atoms with Crippen molar-refractivity contribution < 1.29 is 9.90 Å². The first-order valence-electron chi connectivity index (χ1n) is 5.54. The third-order valence-corrected chi connectivity index (χ3v) is 3.60. The van der Waals surface area contributed by atoms with Crippen LogP contribution in [0, 0.1) is 0 Å². The van der Waals surface area contributed by atoms with Gasteiger partial charge in [-0.1, -0.05) is 11.6 Å². The molecule has 19 heavy (non-hydrogen) atoms. The van der Waals surface area contributed by atoms with Crippen LogP contribution >= 0.6 is 23.4 Å². The van der Waals surface area contributed by atoms with E-state index in [2.05, 4.69) is 5.32 Å². The summed E-state index contributed by atoms with van der Waals surface area (Å²) in [6, 6.07) is 11.9. The van der Waals surface area contributed by atoms with Crippen molar-refractivity contribution in [3.8, 4) is 5.75 Å². The molecule has 1 amide bonds. The Morgan fingerprint density at radius 2 is 1.89 bits per heavy atom. The van der Waals surface area contributed by atoms with Gasteiger partial charge in [0, 0.05) is 16.1 Å². The van der Waals surface area contributed by atoms with Crippen molar-refractivity contribution in [3.63, 3.8) is 0 Å². The Morgan fingerprint density at radius 3 is 2.47 bits per heavy atom. The van der Waals surface area contributed by atoms with Crippen LogP contribution in [-0.4, -0.2) is 17.3 Å². The van der Waals surface area contributed by atoms with Gasteiger partial charge in [-0.05, 0) is 48.7 Å². The lowest BCUT2D eigenvalue weighted by atomic mass is 10.2. The van der Waals surface area contributed by atoms with Crippen LogP contribution in [0.1, 0.15) is 10.4 Å². The predicted octanol–water partition coefficient (Wildman–Crippen LogP) is 4.02. The van der Waals surface area contributed by atoms with E-state index in [9.17, 15) is 9.90 Å². The maximum absolute atomic E-state index is 12.0. The topological polar surface area (TPSA) is 49.3 Å². The van der Waals surface area contributed by atoms with Crippen LogP contribution in [0.5, 0.6) is 5.75 Å². The lowest BCUT2D eigenvalue weighted by molar-refractivity contribution is 0.102. The van der Waals surface area contributed by atoms with Gasteiger partial charge in [0.25, 0.3) is 5.91 Å². The number of phenolic OH excluding ortho intramolecular Hbond substituents is 1. The quantitative estimate of drug-likeness (QED) is 0.840. The smallest absolute Gasteiger partial charge is 0.255 e. The summed E-state index contributed by atoms with van der Waals surface area (Å²) in [6.45, 7) is 0. The van der Waals surface area contributed by atoms with E-state index in [-0.39, 0.29) is 16.7 Å². The fraction of sp³-hybridized carbons (Fsp3) is 0.0714. The lowest BCUT2D eigenvalue weighted by Gasteiger charge is -2.06. The van der Waals surface area contributed by atoms with Gasteiger partial charge in [-0.3, -0.25) is 4.79 Å². The molecule has 0 saturated heterocycles. The van der Waals surface area contributed by atoms with Crippen LogP contribution in [0.2, 0.25) is 5.02 Å². The van der Waals surface area contributed by atoms with Gasteiger partial charge in [-0.25, -0.2) is 0 Å². The molecule has 0 fully saturated rings. The number of hydrogen-bond acceptors (Lipinski definition) is 3. The van der Waals surface area contributed by atoms with Crippen molar-refractivity contribution in [2.45, 2.75) is 4.90 Å². The Labute approximate surface area is 120 Å². The van der Waals surface area contributed by atoms with Crippen molar-refractivity contribution in [1.29, 1.82) is 0 Å². The zero-order valence-corrected chi connectivity index (χ0v) is 11.8. The molecule has 0 atom stereocenters. The summed E-state index contributed by atoms with van der Waals surface area (Å²) < 4.78 is 0. The van der Waals surface area contributed by atoms with Gasteiger partial charge in [0.05, 0.1) is 5.02 Å². The first kappa shape index (κ1) is 13.8. The van der Waals surface area contributed by atoms with Gasteiger partial charge in [-0.15, -0.1) is 11.8 Å². The number of phenols is 1. The molecular weight excluding hydrogens is 282 g/mol. The number of benzene rings is 2. The summed E-state index contributed by atoms with van der Waals surface area (Å²) in [5, 5.41) is 12.2. The highest BCUT2D eigenvalue weighted by molar-refractivity contribution is 7.98. The van der Waals surface area contributed by atoms with Crippen molar-refractivity contribution in [1.82, 2.24) is 0 Å². The molecule has 0 bridgehead atoms. The molecule has 0 aromatic heterocycles. The second-order valence-corrected chi connectivity index (χ2v) is 5.14. The van der Waals surface area contributed by atoms with E-state index in [0.717, 1.165) is 4.90 Å². The number of aromatic hydroxyl groups is 1. The molecule has 0 unspecified atom stereocenters. The van der Waals surface area contributed by atoms with Crippen molar-refractivity contribution >= 4 is 35.0 Å². The molecule has 2 rings (SSSR count). The second-order valence-electron chi connectivity index (χ2n) is 3.85. The monoisotopic (exact) mass is 293 g/mol. The molecule has 0 aliphatic carbocycles. The molecule has 3 nitrogen and oxygen atoms in total. The number of rotatable bonds is 3. The van der Waals surface area contributed by atoms with Crippen molar-refractivity contribution in [2.75, 3.05) is 11.6 Å². The van der Waals surface area contributed by atoms with Crippen LogP contribution in [0.25, 0.3) is 0 Å². The molecule has 2 N–H and O–H groups in total. The molecule has 0 saturated carbocycles. The Morgan fingerprint density at radius 1 is 1.21 bits per heavy atom. The molecule has 0 aliphatic heterocycles. The third kappa shape index (κ3) is 3.43. The molecular formula is C14H12ClNO2S. The normalized spacial score (nSPS) is 10.2. The summed E-state index contributed by atoms with van der Waals surface area (Å²) in [7, 11) is 0. The van der Waals surface area contributed by atoms with Gasteiger partial charge >= 0.3 is 0 Å². The molecule has 98 valence electrons. The van der Waals surface area contributed by atoms with Gasteiger partial charge in [0.2, 0.25) is 0 Å². The van der Waals surface area contributed by atoms with E-state index in [1.165, 1.54) is 18.2 Å². The second kappa shape index (κ2) is 5.99. The SMILES string of the molecule is CSc1ccc(NC(=O)c2ccc(O)c(Cl)c2)cc1. The predicted molar refractivity (Wildman–Crippen MR) is 79.3 cm³/mol. The van der Waals surface area contributed by atoms with Crippen LogP contribution in [0.4, 0.5) is 5.69 Å². The molecule has 2 aromatic rings. The number of carbonyl (C=O) groups excluding carboxylic acids is 1. The fourth-order valence-corrected chi connectivity index (χ4v) is 2.11. The summed E-state index contributed by atoms with van der Waals surface area (Å²) >= 11 is 7.41. The number of carbonyl (C=O) groups is 1. The van der Waals surface area contributed by atoms with Crippen LogP contribution in [0.3, 0.4) is 0 Å². The summed E-state index contributed by atoms with van der Waals surface area (Å²) in [5.74, 6) is -0.304. The Kier molecular flexibility index (Phi) is 4.35. The van der Waals surface area contributed by atoms with E-state index < -0.39 is 0 Å². The summed E-state index contributed by atoms with van der Waals surface area (Å²) in [6.07, 6.45) is 1.99. The average Bonchev–Trinajstić information content (AvgIpc) is 2.42. The third-order valence-electron chi connectivity index (χ3n) is 2.56. The highest BCUT2D eigenvalue weighted by atomic mass is 35.5. The summed E-state index contributed by atoms with van der Waals surface area (Å²) in [5.41, 5.74) is 1.11.